The first-order chi connectivity index (χ1) is 9.56. The first-order valence-electron chi connectivity index (χ1n) is 6.54. The number of nitrogens with zero attached hydrogens (tertiary/aromatic N) is 1. The number of carbonyl (C=O) groups excluding carboxylic acids is 1. The van der Waals surface area contributed by atoms with Crippen LogP contribution in [0, 0.1) is 0 Å². The number of rotatable bonds is 7. The van der Waals surface area contributed by atoms with Crippen LogP contribution >= 0.6 is 0 Å². The first kappa shape index (κ1) is 16.0. The third-order valence-electron chi connectivity index (χ3n) is 2.79. The average Bonchev–Trinajstić information content (AvgIpc) is 2.39. The average molecular weight is 280 g/mol. The molecule has 1 aromatic rings. The Morgan fingerprint density at radius 1 is 1.35 bits per heavy atom. The minimum atomic E-state index is -0.911. The number of amides is 2. The van der Waals surface area contributed by atoms with Crippen molar-refractivity contribution in [1.29, 1.82) is 0 Å². The maximum atomic E-state index is 12.0. The van der Waals surface area contributed by atoms with Gasteiger partial charge in [-0.1, -0.05) is 12.1 Å². The van der Waals surface area contributed by atoms with Gasteiger partial charge in [0.15, 0.2) is 0 Å². The number of hydrogen-bond acceptors (Lipinski definition) is 3. The molecule has 0 heterocycles. The lowest BCUT2D eigenvalue weighted by molar-refractivity contribution is -0.136. The van der Waals surface area contributed by atoms with E-state index in [9.17, 15) is 9.59 Å². The van der Waals surface area contributed by atoms with Gasteiger partial charge >= 0.3 is 12.0 Å². The van der Waals surface area contributed by atoms with E-state index in [0.717, 1.165) is 0 Å². The maximum Gasteiger partial charge on any atom is 0.321 e. The Hall–Kier alpha value is -2.08. The number of hydrogen-bond donors (Lipinski definition) is 3. The lowest BCUT2D eigenvalue weighted by Crippen LogP contribution is -2.35. The van der Waals surface area contributed by atoms with E-state index in [1.54, 1.807) is 29.2 Å². The van der Waals surface area contributed by atoms with Crippen LogP contribution in [-0.4, -0.2) is 46.8 Å². The van der Waals surface area contributed by atoms with Crippen LogP contribution in [0.4, 0.5) is 10.5 Å². The van der Waals surface area contributed by atoms with Crippen LogP contribution in [0.2, 0.25) is 0 Å². The van der Waals surface area contributed by atoms with Crippen molar-refractivity contribution in [3.8, 4) is 0 Å². The summed E-state index contributed by atoms with van der Waals surface area (Å²) in [4.78, 5) is 24.2. The van der Waals surface area contributed by atoms with E-state index < -0.39 is 5.97 Å². The summed E-state index contributed by atoms with van der Waals surface area (Å²) in [5.74, 6) is -0.911. The van der Waals surface area contributed by atoms with Crippen LogP contribution < -0.4 is 5.32 Å². The number of benzene rings is 1. The number of urea groups is 1. The third kappa shape index (κ3) is 5.27. The molecule has 20 heavy (non-hydrogen) atoms. The van der Waals surface area contributed by atoms with Gasteiger partial charge in [-0.3, -0.25) is 4.79 Å². The number of anilines is 1. The van der Waals surface area contributed by atoms with Crippen LogP contribution in [0.3, 0.4) is 0 Å². The number of aliphatic hydroxyl groups is 1. The Bertz CT molecular complexity index is 462. The summed E-state index contributed by atoms with van der Waals surface area (Å²) in [6.45, 7) is 2.92. The Balaban J connectivity index is 2.66. The van der Waals surface area contributed by atoms with E-state index in [1.807, 2.05) is 6.92 Å². The predicted molar refractivity (Wildman–Crippen MR) is 75.8 cm³/mol. The van der Waals surface area contributed by atoms with E-state index in [1.165, 1.54) is 0 Å². The van der Waals surface area contributed by atoms with Gasteiger partial charge in [-0.2, -0.15) is 0 Å². The second kappa shape index (κ2) is 8.16. The number of nitrogens with one attached hydrogen (secondary N) is 1. The van der Waals surface area contributed by atoms with Crippen LogP contribution in [0.5, 0.6) is 0 Å². The summed E-state index contributed by atoms with van der Waals surface area (Å²) in [7, 11) is 0. The molecule has 0 radical (unpaired) electrons. The van der Waals surface area contributed by atoms with Crippen LogP contribution in [0.1, 0.15) is 18.9 Å². The molecule has 0 spiro atoms. The molecule has 0 aliphatic rings. The summed E-state index contributed by atoms with van der Waals surface area (Å²) >= 11 is 0. The smallest absolute Gasteiger partial charge is 0.321 e. The van der Waals surface area contributed by atoms with Crippen molar-refractivity contribution >= 4 is 17.7 Å². The van der Waals surface area contributed by atoms with Gasteiger partial charge in [-0.05, 0) is 31.0 Å². The zero-order chi connectivity index (χ0) is 15.0. The first-order valence-corrected chi connectivity index (χ1v) is 6.54. The number of aliphatic hydroxyl groups excluding tert-OH is 1. The molecule has 6 heteroatoms. The van der Waals surface area contributed by atoms with Gasteiger partial charge in [-0.25, -0.2) is 4.79 Å². The second-order valence-corrected chi connectivity index (χ2v) is 4.36. The molecule has 0 unspecified atom stereocenters. The number of carboxylic acids is 1. The van der Waals surface area contributed by atoms with Gasteiger partial charge in [0.1, 0.15) is 0 Å². The summed E-state index contributed by atoms with van der Waals surface area (Å²) in [6, 6.07) is 6.51. The van der Waals surface area contributed by atoms with Crippen molar-refractivity contribution < 1.29 is 19.8 Å². The van der Waals surface area contributed by atoms with Crippen molar-refractivity contribution in [2.45, 2.75) is 19.8 Å². The molecule has 0 saturated heterocycles. The molecule has 3 N–H and O–H groups in total. The van der Waals surface area contributed by atoms with Crippen LogP contribution in [-0.2, 0) is 11.2 Å². The lowest BCUT2D eigenvalue weighted by Gasteiger charge is -2.21. The zero-order valence-electron chi connectivity index (χ0n) is 11.5. The molecule has 0 atom stereocenters. The minimum Gasteiger partial charge on any atom is -0.481 e. The highest BCUT2D eigenvalue weighted by Crippen LogP contribution is 2.12. The van der Waals surface area contributed by atoms with E-state index >= 15 is 0 Å². The van der Waals surface area contributed by atoms with E-state index in [-0.39, 0.29) is 19.1 Å². The molecule has 6 nitrogen and oxygen atoms in total. The fourth-order valence-corrected chi connectivity index (χ4v) is 1.80. The van der Waals surface area contributed by atoms with Gasteiger partial charge < -0.3 is 20.4 Å². The summed E-state index contributed by atoms with van der Waals surface area (Å²) in [5.41, 5.74) is 1.20. The molecule has 0 aliphatic carbocycles. The standard InChI is InChI=1S/C14H20N2O4/c1-2-16(7-4-8-17)14(20)15-12-6-3-5-11(9-12)10-13(18)19/h3,5-6,9,17H,2,4,7-8,10H2,1H3,(H,15,20)(H,18,19). The molecule has 2 amide bonds. The fourth-order valence-electron chi connectivity index (χ4n) is 1.80. The second-order valence-electron chi connectivity index (χ2n) is 4.36. The normalized spacial score (nSPS) is 10.1. The van der Waals surface area contributed by atoms with E-state index in [4.69, 9.17) is 10.2 Å². The number of carbonyl (C=O) groups is 2. The lowest BCUT2D eigenvalue weighted by atomic mass is 10.1. The quantitative estimate of drug-likeness (QED) is 0.707. The monoisotopic (exact) mass is 280 g/mol. The highest BCUT2D eigenvalue weighted by atomic mass is 16.4. The largest absolute Gasteiger partial charge is 0.481 e. The molecule has 0 bridgehead atoms. The molecule has 1 rings (SSSR count). The highest BCUT2D eigenvalue weighted by Gasteiger charge is 2.11. The molecule has 0 saturated carbocycles. The molecule has 0 aliphatic heterocycles. The molecule has 0 aromatic heterocycles. The topological polar surface area (TPSA) is 89.9 Å². The SMILES string of the molecule is CCN(CCCO)C(=O)Nc1cccc(CC(=O)O)c1. The molecule has 110 valence electrons. The molecule has 0 fully saturated rings. The van der Waals surface area contributed by atoms with Crippen LogP contribution in [0.25, 0.3) is 0 Å². The predicted octanol–water partition coefficient (Wildman–Crippen LogP) is 1.55. The van der Waals surface area contributed by atoms with E-state index in [2.05, 4.69) is 5.32 Å². The van der Waals surface area contributed by atoms with Crippen molar-refractivity contribution in [3.05, 3.63) is 29.8 Å². The minimum absolute atomic E-state index is 0.0396. The Labute approximate surface area is 118 Å². The Morgan fingerprint density at radius 3 is 2.70 bits per heavy atom. The van der Waals surface area contributed by atoms with E-state index in [0.29, 0.717) is 30.8 Å². The van der Waals surface area contributed by atoms with Crippen molar-refractivity contribution in [3.63, 3.8) is 0 Å². The Morgan fingerprint density at radius 2 is 2.10 bits per heavy atom. The van der Waals surface area contributed by atoms with Gasteiger partial charge in [0.25, 0.3) is 0 Å². The van der Waals surface area contributed by atoms with Crippen molar-refractivity contribution in [1.82, 2.24) is 4.90 Å². The molecule has 1 aromatic carbocycles. The molecular weight excluding hydrogens is 260 g/mol. The fraction of sp³-hybridized carbons (Fsp3) is 0.429. The third-order valence-corrected chi connectivity index (χ3v) is 2.79. The number of aliphatic carboxylic acids is 1. The van der Waals surface area contributed by atoms with Crippen LogP contribution in [0.15, 0.2) is 24.3 Å². The maximum absolute atomic E-state index is 12.0. The van der Waals surface area contributed by atoms with Gasteiger partial charge in [0, 0.05) is 25.4 Å². The van der Waals surface area contributed by atoms with Gasteiger partial charge in [0.05, 0.1) is 6.42 Å². The van der Waals surface area contributed by atoms with Crippen molar-refractivity contribution in [2.75, 3.05) is 25.0 Å². The number of carboxylic acid groups (broad SMARTS) is 1. The Kier molecular flexibility index (Phi) is 6.52. The van der Waals surface area contributed by atoms with Gasteiger partial charge in [0.2, 0.25) is 0 Å². The summed E-state index contributed by atoms with van der Waals surface area (Å²) in [6.07, 6.45) is 0.450. The molecular formula is C14H20N2O4. The van der Waals surface area contributed by atoms with Crippen molar-refractivity contribution in [2.24, 2.45) is 0 Å². The highest BCUT2D eigenvalue weighted by molar-refractivity contribution is 5.89. The summed E-state index contributed by atoms with van der Waals surface area (Å²) in [5, 5.41) is 20.3. The zero-order valence-corrected chi connectivity index (χ0v) is 11.5. The van der Waals surface area contributed by atoms with Gasteiger partial charge in [-0.15, -0.1) is 0 Å². The summed E-state index contributed by atoms with van der Waals surface area (Å²) < 4.78 is 0.